The third-order valence-corrected chi connectivity index (χ3v) is 12.5. The second kappa shape index (κ2) is 11.4. The van der Waals surface area contributed by atoms with Crippen molar-refractivity contribution in [3.63, 3.8) is 0 Å². The Morgan fingerprint density at radius 2 is 0.917 bits per heavy atom. The first-order valence-corrected chi connectivity index (χ1v) is 17.9. The number of nitrogens with zero attached hydrogens (tertiary/aromatic N) is 2. The molecule has 4 heteroatoms. The minimum absolute atomic E-state index is 0.819. The molecule has 0 bridgehead atoms. The first-order chi connectivity index (χ1) is 23.7. The van der Waals surface area contributed by atoms with Gasteiger partial charge in [0.2, 0.25) is 0 Å². The van der Waals surface area contributed by atoms with E-state index in [1.54, 1.807) is 0 Å². The molecule has 0 amide bonds. The van der Waals surface area contributed by atoms with Crippen LogP contribution in [0.5, 0.6) is 0 Å². The average molecular weight is 635 g/mol. The molecular formula is C44H31N2OP. The predicted molar refractivity (Wildman–Crippen MR) is 202 cm³/mol. The van der Waals surface area contributed by atoms with E-state index in [2.05, 4.69) is 131 Å². The van der Waals surface area contributed by atoms with Crippen molar-refractivity contribution in [3.8, 4) is 22.5 Å². The second-order valence-electron chi connectivity index (χ2n) is 12.1. The molecule has 0 unspecified atom stereocenters. The summed E-state index contributed by atoms with van der Waals surface area (Å²) < 4.78 is 19.7. The summed E-state index contributed by atoms with van der Waals surface area (Å²) in [7, 11) is -3.08. The summed E-state index contributed by atoms with van der Waals surface area (Å²) in [4.78, 5) is 0. The second-order valence-corrected chi connectivity index (χ2v) is 14.9. The SMILES string of the molecule is O=P(c1ccccc1)(c1ccccc1)c1ccc(-n2c3ccccc3c3ccc4c(ccn4-c4ccc(-c5ccccc5)cc4)c32)cc1. The summed E-state index contributed by atoms with van der Waals surface area (Å²) in [6, 6.07) is 62.6. The monoisotopic (exact) mass is 634 g/mol. The van der Waals surface area contributed by atoms with Crippen LogP contribution in [0.4, 0.5) is 0 Å². The molecule has 9 aromatic rings. The maximum Gasteiger partial charge on any atom is 0.171 e. The molecule has 9 rings (SSSR count). The highest BCUT2D eigenvalue weighted by Gasteiger charge is 2.29. The number of fused-ring (bicyclic) bond motifs is 5. The van der Waals surface area contributed by atoms with Crippen LogP contribution in [-0.2, 0) is 4.57 Å². The van der Waals surface area contributed by atoms with Crippen LogP contribution in [0.1, 0.15) is 0 Å². The molecule has 0 radical (unpaired) electrons. The molecule has 0 aliphatic heterocycles. The summed E-state index contributed by atoms with van der Waals surface area (Å²) in [6.45, 7) is 0. The van der Waals surface area contributed by atoms with E-state index in [9.17, 15) is 0 Å². The van der Waals surface area contributed by atoms with E-state index >= 15 is 4.57 Å². The normalized spacial score (nSPS) is 11.8. The average Bonchev–Trinajstić information content (AvgIpc) is 3.75. The summed E-state index contributed by atoms with van der Waals surface area (Å²) in [5.74, 6) is 0. The van der Waals surface area contributed by atoms with Crippen molar-refractivity contribution in [2.75, 3.05) is 0 Å². The van der Waals surface area contributed by atoms with E-state index in [1.807, 2.05) is 66.7 Å². The first-order valence-electron chi connectivity index (χ1n) is 16.2. The van der Waals surface area contributed by atoms with Gasteiger partial charge in [-0.3, -0.25) is 0 Å². The zero-order chi connectivity index (χ0) is 32.1. The van der Waals surface area contributed by atoms with Crippen LogP contribution < -0.4 is 15.9 Å². The Bertz CT molecular complexity index is 2560. The van der Waals surface area contributed by atoms with Crippen molar-refractivity contribution in [1.82, 2.24) is 9.13 Å². The number of aromatic nitrogens is 2. The minimum atomic E-state index is -3.08. The summed E-state index contributed by atoms with van der Waals surface area (Å²) in [5.41, 5.74) is 8.01. The van der Waals surface area contributed by atoms with E-state index < -0.39 is 7.14 Å². The van der Waals surface area contributed by atoms with E-state index in [1.165, 1.54) is 27.3 Å². The van der Waals surface area contributed by atoms with Crippen LogP contribution in [0.3, 0.4) is 0 Å². The Morgan fingerprint density at radius 1 is 0.375 bits per heavy atom. The predicted octanol–water partition coefficient (Wildman–Crippen LogP) is 10.0. The van der Waals surface area contributed by atoms with Gasteiger partial charge in [0.1, 0.15) is 0 Å². The maximum absolute atomic E-state index is 15.0. The van der Waals surface area contributed by atoms with Crippen molar-refractivity contribution in [2.45, 2.75) is 0 Å². The van der Waals surface area contributed by atoms with Gasteiger partial charge in [-0.05, 0) is 65.7 Å². The molecule has 0 N–H and O–H groups in total. The van der Waals surface area contributed by atoms with E-state index in [4.69, 9.17) is 0 Å². The van der Waals surface area contributed by atoms with E-state index in [0.29, 0.717) is 0 Å². The van der Waals surface area contributed by atoms with Crippen molar-refractivity contribution in [3.05, 3.63) is 188 Å². The van der Waals surface area contributed by atoms with Gasteiger partial charge >= 0.3 is 0 Å². The van der Waals surface area contributed by atoms with Crippen molar-refractivity contribution in [2.24, 2.45) is 0 Å². The molecule has 0 atom stereocenters. The fourth-order valence-electron chi connectivity index (χ4n) is 7.15. The van der Waals surface area contributed by atoms with Gasteiger partial charge in [0.05, 0.1) is 16.6 Å². The molecule has 228 valence electrons. The third-order valence-electron chi connectivity index (χ3n) is 9.47. The third kappa shape index (κ3) is 4.47. The molecule has 0 fully saturated rings. The Balaban J connectivity index is 1.20. The first kappa shape index (κ1) is 28.3. The van der Waals surface area contributed by atoms with Gasteiger partial charge in [-0.15, -0.1) is 0 Å². The van der Waals surface area contributed by atoms with E-state index in [-0.39, 0.29) is 0 Å². The number of para-hydroxylation sites is 1. The zero-order valence-electron chi connectivity index (χ0n) is 26.1. The highest BCUT2D eigenvalue weighted by atomic mass is 31.2. The lowest BCUT2D eigenvalue weighted by atomic mass is 10.1. The molecule has 0 aliphatic rings. The fraction of sp³-hybridized carbons (Fsp3) is 0. The lowest BCUT2D eigenvalue weighted by Crippen LogP contribution is -2.24. The lowest BCUT2D eigenvalue weighted by Gasteiger charge is -2.20. The molecule has 2 heterocycles. The number of hydrogen-bond donors (Lipinski definition) is 0. The smallest absolute Gasteiger partial charge is 0.171 e. The van der Waals surface area contributed by atoms with Gasteiger partial charge in [-0.1, -0.05) is 127 Å². The molecule has 0 saturated heterocycles. The lowest BCUT2D eigenvalue weighted by molar-refractivity contribution is 0.592. The van der Waals surface area contributed by atoms with Gasteiger partial charge in [0.25, 0.3) is 0 Å². The summed E-state index contributed by atoms with van der Waals surface area (Å²) in [5, 5.41) is 6.08. The molecule has 48 heavy (non-hydrogen) atoms. The topological polar surface area (TPSA) is 26.9 Å². The molecule has 2 aromatic heterocycles. The zero-order valence-corrected chi connectivity index (χ0v) is 27.0. The van der Waals surface area contributed by atoms with Gasteiger partial charge in [-0.2, -0.15) is 0 Å². The minimum Gasteiger partial charge on any atom is -0.316 e. The van der Waals surface area contributed by atoms with Crippen molar-refractivity contribution < 1.29 is 4.57 Å². The molecule has 3 nitrogen and oxygen atoms in total. The molecule has 0 aliphatic carbocycles. The number of rotatable bonds is 6. The highest BCUT2D eigenvalue weighted by Crippen LogP contribution is 2.43. The quantitative estimate of drug-likeness (QED) is 0.167. The molecular weight excluding hydrogens is 603 g/mol. The maximum atomic E-state index is 15.0. The standard InChI is InChI=1S/C44H31N2OP/c47-48(36-14-6-2-7-15-36,37-16-8-3-9-17-37)38-26-24-35(25-27-38)46-43-19-11-10-18-39(43)40-28-29-42-41(44(40)46)30-31-45(42)34-22-20-33(21-23-34)32-12-4-1-5-13-32/h1-31H. The fourth-order valence-corrected chi connectivity index (χ4v) is 9.80. The van der Waals surface area contributed by atoms with Gasteiger partial charge in [0.15, 0.2) is 7.14 Å². The van der Waals surface area contributed by atoms with Gasteiger partial charge in [0, 0.05) is 49.6 Å². The summed E-state index contributed by atoms with van der Waals surface area (Å²) >= 11 is 0. The van der Waals surface area contributed by atoms with Crippen LogP contribution in [-0.4, -0.2) is 9.13 Å². The van der Waals surface area contributed by atoms with Gasteiger partial charge < -0.3 is 13.7 Å². The van der Waals surface area contributed by atoms with Crippen LogP contribution in [0.2, 0.25) is 0 Å². The highest BCUT2D eigenvalue weighted by molar-refractivity contribution is 7.85. The van der Waals surface area contributed by atoms with Crippen LogP contribution in [0.15, 0.2) is 188 Å². The number of benzene rings is 7. The van der Waals surface area contributed by atoms with Crippen molar-refractivity contribution in [1.29, 1.82) is 0 Å². The van der Waals surface area contributed by atoms with Crippen LogP contribution in [0.25, 0.3) is 55.2 Å². The van der Waals surface area contributed by atoms with Crippen LogP contribution in [0, 0.1) is 0 Å². The molecule has 0 saturated carbocycles. The Labute approximate surface area is 279 Å². The Morgan fingerprint density at radius 3 is 1.58 bits per heavy atom. The largest absolute Gasteiger partial charge is 0.316 e. The van der Waals surface area contributed by atoms with Crippen molar-refractivity contribution >= 4 is 55.8 Å². The molecule has 7 aromatic carbocycles. The van der Waals surface area contributed by atoms with Crippen LogP contribution >= 0.6 is 7.14 Å². The molecule has 0 spiro atoms. The number of hydrogen-bond acceptors (Lipinski definition) is 1. The Hall–Kier alpha value is -5.89. The van der Waals surface area contributed by atoms with Gasteiger partial charge in [-0.25, -0.2) is 0 Å². The Kier molecular flexibility index (Phi) is 6.74. The van der Waals surface area contributed by atoms with E-state index in [0.717, 1.165) is 43.8 Å². The summed E-state index contributed by atoms with van der Waals surface area (Å²) in [6.07, 6.45) is 2.17.